The predicted octanol–water partition coefficient (Wildman–Crippen LogP) is 7.20. The molecule has 0 spiro atoms. The summed E-state index contributed by atoms with van der Waals surface area (Å²) in [6, 6.07) is 22.5. The number of benzene rings is 2. The van der Waals surface area contributed by atoms with Crippen LogP contribution in [0.1, 0.15) is 53.7 Å². The number of thiocarbonyl (C=S) groups is 1. The third kappa shape index (κ3) is 5.42. The van der Waals surface area contributed by atoms with E-state index in [-0.39, 0.29) is 12.1 Å². The van der Waals surface area contributed by atoms with Gasteiger partial charge in [0, 0.05) is 30.5 Å². The van der Waals surface area contributed by atoms with E-state index in [2.05, 4.69) is 39.2 Å². The van der Waals surface area contributed by atoms with Gasteiger partial charge in [0.2, 0.25) is 0 Å². The van der Waals surface area contributed by atoms with Crippen LogP contribution in [0, 0.1) is 5.92 Å². The largest absolute Gasteiger partial charge is 0.465 e. The van der Waals surface area contributed by atoms with Crippen LogP contribution in [-0.4, -0.2) is 36.3 Å². The maximum absolute atomic E-state index is 12.1. The zero-order chi connectivity index (χ0) is 28.5. The molecule has 4 heterocycles. The molecule has 7 nitrogen and oxygen atoms in total. The molecular weight excluding hydrogens is 556 g/mol. The van der Waals surface area contributed by atoms with Gasteiger partial charge in [-0.25, -0.2) is 4.79 Å². The van der Waals surface area contributed by atoms with E-state index < -0.39 is 5.97 Å². The van der Waals surface area contributed by atoms with Crippen LogP contribution in [0.25, 0.3) is 11.3 Å². The summed E-state index contributed by atoms with van der Waals surface area (Å²) in [5.74, 6) is 1.68. The number of nitrogens with one attached hydrogen (secondary N) is 1. The first-order chi connectivity index (χ1) is 19.9. The smallest absolute Gasteiger partial charge is 0.337 e. The fraction of sp³-hybridized carbons (Fsp3) is 0.281. The van der Waals surface area contributed by atoms with Gasteiger partial charge in [-0.05, 0) is 85.6 Å². The molecule has 0 amide bonds. The molecule has 0 saturated carbocycles. The number of methoxy groups -OCH3 is 1. The van der Waals surface area contributed by atoms with Crippen molar-refractivity contribution >= 4 is 46.3 Å². The van der Waals surface area contributed by atoms with Gasteiger partial charge in [-0.3, -0.25) is 4.98 Å². The molecule has 4 aromatic rings. The number of hydrogen-bond acceptors (Lipinski definition) is 6. The molecule has 0 radical (unpaired) electrons. The maximum atomic E-state index is 12.1. The molecule has 2 saturated heterocycles. The first kappa shape index (κ1) is 27.3. The summed E-state index contributed by atoms with van der Waals surface area (Å²) >= 11 is 12.8. The molecule has 2 aliphatic heterocycles. The summed E-state index contributed by atoms with van der Waals surface area (Å²) in [7, 11) is 1.37. The van der Waals surface area contributed by atoms with E-state index in [4.69, 9.17) is 33.0 Å². The zero-order valence-electron chi connectivity index (χ0n) is 22.9. The Kier molecular flexibility index (Phi) is 7.69. The first-order valence-corrected chi connectivity index (χ1v) is 14.5. The molecule has 0 bridgehead atoms. The highest BCUT2D eigenvalue weighted by atomic mass is 35.5. The number of aromatic nitrogens is 1. The second-order valence-corrected chi connectivity index (χ2v) is 11.4. The van der Waals surface area contributed by atoms with Gasteiger partial charge in [-0.1, -0.05) is 36.7 Å². The monoisotopic (exact) mass is 586 g/mol. The second-order valence-electron chi connectivity index (χ2n) is 10.6. The number of pyridine rings is 1. The standard InChI is InChI=1S/C32H31ClN4O3S/c1-20-13-16-36(17-14-20)26-10-9-23(19-24(26)33)37-30(29(35-32(37)41)25-8-3-4-15-34-25)28-12-11-27(40-28)21-6-5-7-22(18-21)31(38)39-2/h3-12,15,18-20,29-30H,13-14,16-17H2,1-2H3,(H,35,41)/t29-,30+/m1/s1. The molecule has 2 aromatic carbocycles. The summed E-state index contributed by atoms with van der Waals surface area (Å²) in [5, 5.41) is 4.73. The summed E-state index contributed by atoms with van der Waals surface area (Å²) in [6.07, 6.45) is 4.10. The predicted molar refractivity (Wildman–Crippen MR) is 165 cm³/mol. The van der Waals surface area contributed by atoms with Crippen molar-refractivity contribution in [3.8, 4) is 11.3 Å². The molecule has 2 aromatic heterocycles. The van der Waals surface area contributed by atoms with E-state index in [1.807, 2.05) is 48.5 Å². The van der Waals surface area contributed by atoms with Crippen molar-refractivity contribution in [1.29, 1.82) is 0 Å². The van der Waals surface area contributed by atoms with Crippen LogP contribution in [-0.2, 0) is 4.74 Å². The van der Waals surface area contributed by atoms with Crippen LogP contribution < -0.4 is 15.1 Å². The van der Waals surface area contributed by atoms with E-state index in [0.29, 0.717) is 27.2 Å². The van der Waals surface area contributed by atoms with Crippen LogP contribution in [0.4, 0.5) is 11.4 Å². The Morgan fingerprint density at radius 1 is 1.07 bits per heavy atom. The van der Waals surface area contributed by atoms with Gasteiger partial charge in [0.15, 0.2) is 5.11 Å². The van der Waals surface area contributed by atoms with Gasteiger partial charge in [0.1, 0.15) is 17.6 Å². The lowest BCUT2D eigenvalue weighted by atomic mass is 9.98. The number of carbonyl (C=O) groups is 1. The van der Waals surface area contributed by atoms with Gasteiger partial charge >= 0.3 is 5.97 Å². The molecule has 41 heavy (non-hydrogen) atoms. The lowest BCUT2D eigenvalue weighted by molar-refractivity contribution is 0.0601. The normalized spacial score (nSPS) is 19.3. The van der Waals surface area contributed by atoms with E-state index in [9.17, 15) is 4.79 Å². The number of ether oxygens (including phenoxy) is 1. The lowest BCUT2D eigenvalue weighted by Gasteiger charge is -2.33. The molecule has 0 unspecified atom stereocenters. The average Bonchev–Trinajstić information content (AvgIpc) is 3.62. The van der Waals surface area contributed by atoms with Crippen LogP contribution in [0.5, 0.6) is 0 Å². The maximum Gasteiger partial charge on any atom is 0.337 e. The van der Waals surface area contributed by atoms with Crippen molar-refractivity contribution in [2.75, 3.05) is 30.0 Å². The highest BCUT2D eigenvalue weighted by Crippen LogP contribution is 2.44. The van der Waals surface area contributed by atoms with E-state index in [0.717, 1.165) is 54.5 Å². The SMILES string of the molecule is COC(=O)c1cccc(-c2ccc([C@H]3[C@@H](c4ccccn4)NC(=S)N3c3ccc(N4CCC(C)CC4)c(Cl)c3)o2)c1. The highest BCUT2D eigenvalue weighted by molar-refractivity contribution is 7.80. The number of anilines is 2. The van der Waals surface area contributed by atoms with Crippen LogP contribution >= 0.6 is 23.8 Å². The fourth-order valence-electron chi connectivity index (χ4n) is 5.66. The Balaban J connectivity index is 1.37. The van der Waals surface area contributed by atoms with Crippen LogP contribution in [0.15, 0.2) is 83.4 Å². The van der Waals surface area contributed by atoms with Gasteiger partial charge in [-0.15, -0.1) is 0 Å². The van der Waals surface area contributed by atoms with Crippen molar-refractivity contribution in [3.63, 3.8) is 0 Å². The summed E-state index contributed by atoms with van der Waals surface area (Å²) in [4.78, 5) is 21.2. The topological polar surface area (TPSA) is 70.8 Å². The summed E-state index contributed by atoms with van der Waals surface area (Å²) in [6.45, 7) is 4.30. The van der Waals surface area contributed by atoms with Crippen molar-refractivity contribution in [2.24, 2.45) is 5.92 Å². The van der Waals surface area contributed by atoms with Crippen LogP contribution in [0.3, 0.4) is 0 Å². The van der Waals surface area contributed by atoms with Gasteiger partial charge < -0.3 is 24.3 Å². The number of esters is 1. The number of nitrogens with zero attached hydrogens (tertiary/aromatic N) is 3. The zero-order valence-corrected chi connectivity index (χ0v) is 24.5. The third-order valence-corrected chi connectivity index (χ3v) is 8.54. The molecule has 0 aliphatic carbocycles. The number of rotatable bonds is 6. The van der Waals surface area contributed by atoms with E-state index in [1.165, 1.54) is 7.11 Å². The summed E-state index contributed by atoms with van der Waals surface area (Å²) < 4.78 is 11.4. The third-order valence-electron chi connectivity index (χ3n) is 7.92. The van der Waals surface area contributed by atoms with Crippen LogP contribution in [0.2, 0.25) is 5.02 Å². The Bertz CT molecular complexity index is 1570. The second kappa shape index (κ2) is 11.5. The quantitative estimate of drug-likeness (QED) is 0.188. The number of furan rings is 1. The summed E-state index contributed by atoms with van der Waals surface area (Å²) in [5.41, 5.74) is 3.99. The molecular formula is C32H31ClN4O3S. The minimum atomic E-state index is -0.398. The van der Waals surface area contributed by atoms with Gasteiger partial charge in [-0.2, -0.15) is 0 Å². The van der Waals surface area contributed by atoms with Crippen molar-refractivity contribution in [2.45, 2.75) is 31.8 Å². The first-order valence-electron chi connectivity index (χ1n) is 13.8. The van der Waals surface area contributed by atoms with Gasteiger partial charge in [0.25, 0.3) is 0 Å². The molecule has 9 heteroatoms. The fourth-order valence-corrected chi connectivity index (χ4v) is 6.30. The molecule has 1 N–H and O–H groups in total. The van der Waals surface area contributed by atoms with Crippen molar-refractivity contribution in [3.05, 3.63) is 101 Å². The Labute approximate surface area is 250 Å². The molecule has 2 atom stereocenters. The Hall–Kier alpha value is -3.88. The van der Waals surface area contributed by atoms with E-state index in [1.54, 1.807) is 18.3 Å². The average molecular weight is 587 g/mol. The Morgan fingerprint density at radius 3 is 2.63 bits per heavy atom. The number of carbonyl (C=O) groups excluding carboxylic acids is 1. The lowest BCUT2D eigenvalue weighted by Crippen LogP contribution is -2.33. The minimum Gasteiger partial charge on any atom is -0.465 e. The molecule has 2 aliphatic rings. The molecule has 2 fully saturated rings. The van der Waals surface area contributed by atoms with Gasteiger partial charge in [0.05, 0.1) is 35.1 Å². The minimum absolute atomic E-state index is 0.258. The Morgan fingerprint density at radius 2 is 1.90 bits per heavy atom. The van der Waals surface area contributed by atoms with Crippen molar-refractivity contribution in [1.82, 2.24) is 10.3 Å². The van der Waals surface area contributed by atoms with E-state index >= 15 is 0 Å². The highest BCUT2D eigenvalue weighted by Gasteiger charge is 2.43. The van der Waals surface area contributed by atoms with Crippen molar-refractivity contribution < 1.29 is 13.9 Å². The number of hydrogen-bond donors (Lipinski definition) is 1. The molecule has 210 valence electrons. The number of piperidine rings is 1. The number of halogens is 1. The molecule has 6 rings (SSSR count).